The minimum atomic E-state index is -0.567. The van der Waals surface area contributed by atoms with Crippen molar-refractivity contribution in [2.75, 3.05) is 13.1 Å². The number of ketones is 2. The van der Waals surface area contributed by atoms with Crippen molar-refractivity contribution in [2.45, 2.75) is 25.3 Å². The van der Waals surface area contributed by atoms with Crippen molar-refractivity contribution in [1.82, 2.24) is 9.88 Å². The molecule has 1 unspecified atom stereocenters. The molecule has 136 valence electrons. The largest absolute Gasteiger partial charge is 0.332 e. The molecule has 3 heterocycles. The van der Waals surface area contributed by atoms with Crippen LogP contribution in [0, 0.1) is 5.82 Å². The molecule has 0 amide bonds. The number of Topliss-reactive ketones (excluding diaryl/α,β-unsaturated/α-hetero) is 2. The number of halogens is 1. The zero-order valence-corrected chi connectivity index (χ0v) is 14.8. The van der Waals surface area contributed by atoms with Gasteiger partial charge in [-0.15, -0.1) is 0 Å². The predicted octanol–water partition coefficient (Wildman–Crippen LogP) is 3.48. The molecule has 2 aromatic carbocycles. The van der Waals surface area contributed by atoms with Gasteiger partial charge in [0.15, 0.2) is 11.6 Å². The first kappa shape index (κ1) is 16.4. The van der Waals surface area contributed by atoms with E-state index in [2.05, 4.69) is 5.32 Å². The van der Waals surface area contributed by atoms with Crippen LogP contribution < -0.4 is 5.32 Å². The number of nitrogens with one attached hydrogen (secondary N) is 1. The van der Waals surface area contributed by atoms with Crippen LogP contribution in [0.25, 0.3) is 10.9 Å². The van der Waals surface area contributed by atoms with Gasteiger partial charge in [-0.2, -0.15) is 0 Å². The maximum atomic E-state index is 14.2. The number of fused-ring (bicyclic) bond motifs is 3. The lowest BCUT2D eigenvalue weighted by Gasteiger charge is -2.26. The number of carbonyl (C=O) groups is 2. The van der Waals surface area contributed by atoms with Crippen molar-refractivity contribution in [2.24, 2.45) is 0 Å². The molecule has 0 radical (unpaired) electrons. The second-order valence-corrected chi connectivity index (χ2v) is 7.27. The summed E-state index contributed by atoms with van der Waals surface area (Å²) in [6.45, 7) is 1.62. The van der Waals surface area contributed by atoms with Gasteiger partial charge in [0.05, 0.1) is 5.52 Å². The van der Waals surface area contributed by atoms with E-state index in [1.165, 1.54) is 12.1 Å². The summed E-state index contributed by atoms with van der Waals surface area (Å²) >= 11 is 0. The summed E-state index contributed by atoms with van der Waals surface area (Å²) in [5.41, 5.74) is 3.86. The van der Waals surface area contributed by atoms with Gasteiger partial charge in [-0.25, -0.2) is 4.39 Å². The van der Waals surface area contributed by atoms with Gasteiger partial charge in [0, 0.05) is 41.6 Å². The van der Waals surface area contributed by atoms with Crippen LogP contribution in [0.2, 0.25) is 0 Å². The Bertz CT molecular complexity index is 1080. The van der Waals surface area contributed by atoms with Crippen molar-refractivity contribution >= 4 is 22.5 Å². The van der Waals surface area contributed by atoms with E-state index in [1.807, 2.05) is 22.8 Å². The van der Waals surface area contributed by atoms with Gasteiger partial charge in [0.2, 0.25) is 0 Å². The number of rotatable bonds is 2. The second-order valence-electron chi connectivity index (χ2n) is 7.27. The van der Waals surface area contributed by atoms with Gasteiger partial charge >= 0.3 is 0 Å². The van der Waals surface area contributed by atoms with Gasteiger partial charge < -0.3 is 9.88 Å². The third kappa shape index (κ3) is 2.46. The third-order valence-electron chi connectivity index (χ3n) is 5.72. The standard InChI is InChI=1S/C22H19FN2O2/c23-14-10-16-15-6-8-24-9-7-18(15)25-19(12-20(26)17(11-14)21(16)25)22(27)13-4-2-1-3-5-13/h1-5,10-11,19,24H,6-9,12H2. The zero-order chi connectivity index (χ0) is 18.5. The van der Waals surface area contributed by atoms with Gasteiger partial charge in [-0.3, -0.25) is 9.59 Å². The van der Waals surface area contributed by atoms with Gasteiger partial charge in [0.25, 0.3) is 0 Å². The van der Waals surface area contributed by atoms with Crippen LogP contribution in [-0.2, 0) is 12.8 Å². The summed E-state index contributed by atoms with van der Waals surface area (Å²) in [6.07, 6.45) is 1.60. The molecule has 0 saturated carbocycles. The minimum Gasteiger partial charge on any atom is -0.332 e. The lowest BCUT2D eigenvalue weighted by atomic mass is 9.92. The fourth-order valence-corrected chi connectivity index (χ4v) is 4.56. The number of aromatic nitrogens is 1. The Morgan fingerprint density at radius 1 is 1.11 bits per heavy atom. The summed E-state index contributed by atoms with van der Waals surface area (Å²) in [7, 11) is 0. The second kappa shape index (κ2) is 6.13. The molecule has 0 fully saturated rings. The molecule has 27 heavy (non-hydrogen) atoms. The third-order valence-corrected chi connectivity index (χ3v) is 5.72. The van der Waals surface area contributed by atoms with E-state index in [0.717, 1.165) is 48.1 Å². The van der Waals surface area contributed by atoms with Crippen molar-refractivity contribution < 1.29 is 14.0 Å². The van der Waals surface area contributed by atoms with Crippen molar-refractivity contribution in [3.8, 4) is 0 Å². The van der Waals surface area contributed by atoms with E-state index in [4.69, 9.17) is 0 Å². The number of hydrogen-bond acceptors (Lipinski definition) is 3. The molecule has 1 aromatic heterocycles. The zero-order valence-electron chi connectivity index (χ0n) is 14.8. The van der Waals surface area contributed by atoms with E-state index >= 15 is 0 Å². The van der Waals surface area contributed by atoms with Crippen LogP contribution in [0.15, 0.2) is 42.5 Å². The number of hydrogen-bond donors (Lipinski definition) is 1. The number of carbonyl (C=O) groups excluding carboxylic acids is 2. The molecule has 1 atom stereocenters. The molecule has 4 nitrogen and oxygen atoms in total. The van der Waals surface area contributed by atoms with Crippen molar-refractivity contribution in [1.29, 1.82) is 0 Å². The summed E-state index contributed by atoms with van der Waals surface area (Å²) in [6, 6.07) is 11.4. The molecular formula is C22H19FN2O2. The maximum absolute atomic E-state index is 14.2. The minimum absolute atomic E-state index is 0.0594. The van der Waals surface area contributed by atoms with E-state index in [1.54, 1.807) is 12.1 Å². The summed E-state index contributed by atoms with van der Waals surface area (Å²) in [4.78, 5) is 26.1. The Hall–Kier alpha value is -2.79. The van der Waals surface area contributed by atoms with Crippen LogP contribution in [0.5, 0.6) is 0 Å². The monoisotopic (exact) mass is 362 g/mol. The smallest absolute Gasteiger partial charge is 0.186 e. The summed E-state index contributed by atoms with van der Waals surface area (Å²) in [5.74, 6) is -0.612. The normalized spacial score (nSPS) is 19.0. The molecule has 5 rings (SSSR count). The Kier molecular flexibility index (Phi) is 3.72. The Morgan fingerprint density at radius 2 is 1.89 bits per heavy atom. The molecule has 0 spiro atoms. The van der Waals surface area contributed by atoms with E-state index in [-0.39, 0.29) is 18.0 Å². The van der Waals surface area contributed by atoms with Crippen LogP contribution in [-0.4, -0.2) is 29.2 Å². The SMILES string of the molecule is O=C1CC(C(=O)c2ccccc2)n2c3c(c4cc(F)cc1c42)CCNCC3. The molecule has 1 N–H and O–H groups in total. The summed E-state index contributed by atoms with van der Waals surface area (Å²) < 4.78 is 16.3. The highest BCUT2D eigenvalue weighted by molar-refractivity contribution is 6.14. The molecule has 2 aliphatic heterocycles. The average molecular weight is 362 g/mol. The topological polar surface area (TPSA) is 51.1 Å². The van der Waals surface area contributed by atoms with Crippen LogP contribution in [0.4, 0.5) is 4.39 Å². The lowest BCUT2D eigenvalue weighted by Crippen LogP contribution is -2.29. The number of benzene rings is 2. The van der Waals surface area contributed by atoms with Gasteiger partial charge in [0.1, 0.15) is 11.9 Å². The highest BCUT2D eigenvalue weighted by Gasteiger charge is 2.36. The Balaban J connectivity index is 1.79. The Labute approximate surface area is 156 Å². The average Bonchev–Trinajstić information content (AvgIpc) is 2.84. The molecule has 5 heteroatoms. The molecule has 0 saturated heterocycles. The molecule has 0 aliphatic carbocycles. The molecule has 2 aliphatic rings. The van der Waals surface area contributed by atoms with Gasteiger partial charge in [-0.05, 0) is 30.7 Å². The van der Waals surface area contributed by atoms with Crippen LogP contribution >= 0.6 is 0 Å². The number of nitrogens with zero attached hydrogens (tertiary/aromatic N) is 1. The quantitative estimate of drug-likeness (QED) is 0.710. The summed E-state index contributed by atoms with van der Waals surface area (Å²) in [5, 5.41) is 4.15. The van der Waals surface area contributed by atoms with Crippen molar-refractivity contribution in [3.05, 3.63) is 70.7 Å². The highest BCUT2D eigenvalue weighted by Crippen LogP contribution is 2.40. The van der Waals surface area contributed by atoms with E-state index < -0.39 is 11.9 Å². The molecule has 0 bridgehead atoms. The molecular weight excluding hydrogens is 343 g/mol. The fraction of sp³-hybridized carbons (Fsp3) is 0.273. The predicted molar refractivity (Wildman–Crippen MR) is 101 cm³/mol. The maximum Gasteiger partial charge on any atom is 0.186 e. The van der Waals surface area contributed by atoms with E-state index in [9.17, 15) is 14.0 Å². The lowest BCUT2D eigenvalue weighted by molar-refractivity contribution is 0.0850. The first-order valence-electron chi connectivity index (χ1n) is 9.33. The fourth-order valence-electron chi connectivity index (χ4n) is 4.56. The van der Waals surface area contributed by atoms with Crippen LogP contribution in [0.1, 0.15) is 44.4 Å². The molecule has 3 aromatic rings. The van der Waals surface area contributed by atoms with Crippen LogP contribution in [0.3, 0.4) is 0 Å². The highest BCUT2D eigenvalue weighted by atomic mass is 19.1. The van der Waals surface area contributed by atoms with E-state index in [0.29, 0.717) is 11.1 Å². The van der Waals surface area contributed by atoms with Gasteiger partial charge in [-0.1, -0.05) is 30.3 Å². The van der Waals surface area contributed by atoms with Crippen molar-refractivity contribution in [3.63, 3.8) is 0 Å². The first-order chi connectivity index (χ1) is 13.1. The first-order valence-corrected chi connectivity index (χ1v) is 9.33. The Morgan fingerprint density at radius 3 is 2.70 bits per heavy atom.